The summed E-state index contributed by atoms with van der Waals surface area (Å²) in [6, 6.07) is 4.89. The van der Waals surface area contributed by atoms with Crippen LogP contribution < -0.4 is 19.5 Å². The molecule has 3 rings (SSSR count). The number of halogens is 2. The average Bonchev–Trinajstić information content (AvgIpc) is 3.25. The predicted octanol–water partition coefficient (Wildman–Crippen LogP) is 5.46. The lowest BCUT2D eigenvalue weighted by atomic mass is 10.1. The third kappa shape index (κ3) is 4.14. The molecule has 0 aliphatic carbocycles. The lowest BCUT2D eigenvalue weighted by molar-refractivity contribution is 0.102. The molecule has 2 heterocycles. The Labute approximate surface area is 173 Å². The average molecular weight is 445 g/mol. The molecule has 0 fully saturated rings. The quantitative estimate of drug-likeness (QED) is 0.546. The zero-order valence-corrected chi connectivity index (χ0v) is 17.6. The fourth-order valence-corrected chi connectivity index (χ4v) is 4.53. The summed E-state index contributed by atoms with van der Waals surface area (Å²) in [7, 11) is 4.48. The number of thiazole rings is 1. The second kappa shape index (κ2) is 8.35. The minimum absolute atomic E-state index is 0.295. The molecule has 6 nitrogen and oxygen atoms in total. The number of amides is 1. The SMILES string of the molecule is COc1cc(OC)c(C(=O)Nc2nc(-c3cc(Cl)sc3Cl)cs2)cc1OC. The van der Waals surface area contributed by atoms with Crippen LogP contribution in [0.1, 0.15) is 10.4 Å². The predicted molar refractivity (Wildman–Crippen MR) is 109 cm³/mol. The number of anilines is 1. The van der Waals surface area contributed by atoms with Gasteiger partial charge in [0, 0.05) is 23.1 Å². The highest BCUT2D eigenvalue weighted by molar-refractivity contribution is 7.20. The number of benzene rings is 1. The van der Waals surface area contributed by atoms with Gasteiger partial charge >= 0.3 is 0 Å². The lowest BCUT2D eigenvalue weighted by Gasteiger charge is -2.13. The monoisotopic (exact) mass is 444 g/mol. The molecule has 0 spiro atoms. The van der Waals surface area contributed by atoms with Crippen molar-refractivity contribution in [3.8, 4) is 28.5 Å². The van der Waals surface area contributed by atoms with E-state index in [1.807, 2.05) is 0 Å². The van der Waals surface area contributed by atoms with Crippen molar-refractivity contribution in [2.45, 2.75) is 0 Å². The minimum Gasteiger partial charge on any atom is -0.496 e. The zero-order valence-electron chi connectivity index (χ0n) is 14.5. The number of hydrogen-bond acceptors (Lipinski definition) is 7. The van der Waals surface area contributed by atoms with Gasteiger partial charge in [-0.2, -0.15) is 0 Å². The van der Waals surface area contributed by atoms with E-state index in [0.29, 0.717) is 42.3 Å². The van der Waals surface area contributed by atoms with Gasteiger partial charge in [0.1, 0.15) is 10.1 Å². The number of ether oxygens (including phenoxy) is 3. The van der Waals surface area contributed by atoms with Gasteiger partial charge < -0.3 is 14.2 Å². The number of nitrogens with zero attached hydrogens (tertiary/aromatic N) is 1. The first kappa shape index (κ1) is 19.8. The Balaban J connectivity index is 1.87. The Hall–Kier alpha value is -2.00. The van der Waals surface area contributed by atoms with E-state index >= 15 is 0 Å². The van der Waals surface area contributed by atoms with Gasteiger partial charge in [-0.3, -0.25) is 10.1 Å². The molecule has 2 aromatic heterocycles. The Kier molecular flexibility index (Phi) is 6.11. The number of carbonyl (C=O) groups excluding carboxylic acids is 1. The Morgan fingerprint density at radius 3 is 2.30 bits per heavy atom. The molecule has 0 saturated heterocycles. The number of methoxy groups -OCH3 is 3. The third-order valence-electron chi connectivity index (χ3n) is 3.61. The summed E-state index contributed by atoms with van der Waals surface area (Å²) in [4.78, 5) is 17.1. The summed E-state index contributed by atoms with van der Waals surface area (Å²) in [6.07, 6.45) is 0. The van der Waals surface area contributed by atoms with Crippen molar-refractivity contribution in [1.82, 2.24) is 4.98 Å². The van der Waals surface area contributed by atoms with Crippen LogP contribution >= 0.6 is 45.9 Å². The van der Waals surface area contributed by atoms with E-state index in [0.717, 1.165) is 5.56 Å². The maximum atomic E-state index is 12.7. The summed E-state index contributed by atoms with van der Waals surface area (Å²) in [5.41, 5.74) is 1.67. The van der Waals surface area contributed by atoms with E-state index in [-0.39, 0.29) is 5.91 Å². The minimum atomic E-state index is -0.386. The summed E-state index contributed by atoms with van der Waals surface area (Å²) in [5, 5.41) is 4.98. The fourth-order valence-electron chi connectivity index (χ4n) is 2.34. The molecule has 0 atom stereocenters. The standard InChI is InChI=1S/C17H14Cl2N2O4S2/c1-23-11-6-13(25-3)12(24-2)4-9(11)16(22)21-17-20-10(7-26-17)8-5-14(18)27-15(8)19/h4-7H,1-3H3,(H,20,21,22). The van der Waals surface area contributed by atoms with Gasteiger partial charge in [0.25, 0.3) is 5.91 Å². The molecule has 10 heteroatoms. The van der Waals surface area contributed by atoms with Gasteiger partial charge in [-0.15, -0.1) is 22.7 Å². The van der Waals surface area contributed by atoms with E-state index in [1.54, 1.807) is 23.6 Å². The number of hydrogen-bond donors (Lipinski definition) is 1. The molecule has 1 amide bonds. The van der Waals surface area contributed by atoms with Crippen molar-refractivity contribution < 1.29 is 19.0 Å². The van der Waals surface area contributed by atoms with Crippen molar-refractivity contribution >= 4 is 56.9 Å². The number of thiophene rings is 1. The maximum Gasteiger partial charge on any atom is 0.261 e. The second-order valence-electron chi connectivity index (χ2n) is 5.14. The van der Waals surface area contributed by atoms with Crippen LogP contribution in [-0.4, -0.2) is 32.2 Å². The summed E-state index contributed by atoms with van der Waals surface area (Å²) in [6.45, 7) is 0. The molecule has 1 aromatic carbocycles. The molecule has 3 aromatic rings. The van der Waals surface area contributed by atoms with Gasteiger partial charge in [-0.25, -0.2) is 4.98 Å². The van der Waals surface area contributed by atoms with Crippen molar-refractivity contribution in [3.63, 3.8) is 0 Å². The van der Waals surface area contributed by atoms with Crippen molar-refractivity contribution in [2.24, 2.45) is 0 Å². The van der Waals surface area contributed by atoms with Gasteiger partial charge in [-0.05, 0) is 6.07 Å². The Bertz CT molecular complexity index is 987. The zero-order chi connectivity index (χ0) is 19.6. The van der Waals surface area contributed by atoms with E-state index in [2.05, 4.69) is 10.3 Å². The van der Waals surface area contributed by atoms with Crippen LogP contribution in [0.4, 0.5) is 5.13 Å². The maximum absolute atomic E-state index is 12.7. The van der Waals surface area contributed by atoms with E-state index in [4.69, 9.17) is 37.4 Å². The smallest absolute Gasteiger partial charge is 0.261 e. The van der Waals surface area contributed by atoms with Gasteiger partial charge in [0.15, 0.2) is 16.6 Å². The molecule has 27 heavy (non-hydrogen) atoms. The van der Waals surface area contributed by atoms with E-state index in [9.17, 15) is 4.79 Å². The second-order valence-corrected chi connectivity index (χ2v) is 8.28. The first-order valence-corrected chi connectivity index (χ1v) is 9.94. The highest BCUT2D eigenvalue weighted by Gasteiger charge is 2.19. The lowest BCUT2D eigenvalue weighted by Crippen LogP contribution is -2.13. The van der Waals surface area contributed by atoms with Crippen LogP contribution in [0.3, 0.4) is 0 Å². The first-order valence-electron chi connectivity index (χ1n) is 7.49. The highest BCUT2D eigenvalue weighted by Crippen LogP contribution is 2.39. The van der Waals surface area contributed by atoms with Crippen LogP contribution in [-0.2, 0) is 0 Å². The van der Waals surface area contributed by atoms with Crippen molar-refractivity contribution in [1.29, 1.82) is 0 Å². The Morgan fingerprint density at radius 1 is 1.04 bits per heavy atom. The summed E-state index contributed by atoms with van der Waals surface area (Å²) < 4.78 is 16.9. The van der Waals surface area contributed by atoms with Crippen LogP contribution in [0.25, 0.3) is 11.3 Å². The fraction of sp³-hybridized carbons (Fsp3) is 0.176. The van der Waals surface area contributed by atoms with Crippen LogP contribution in [0, 0.1) is 0 Å². The topological polar surface area (TPSA) is 69.7 Å². The van der Waals surface area contributed by atoms with Gasteiger partial charge in [0.2, 0.25) is 0 Å². The first-order chi connectivity index (χ1) is 13.0. The molecule has 0 unspecified atom stereocenters. The summed E-state index contributed by atoms with van der Waals surface area (Å²) >= 11 is 14.7. The van der Waals surface area contributed by atoms with Crippen LogP contribution in [0.5, 0.6) is 17.2 Å². The molecule has 142 valence electrons. The largest absolute Gasteiger partial charge is 0.496 e. The van der Waals surface area contributed by atoms with E-state index < -0.39 is 0 Å². The number of rotatable bonds is 6. The molecular formula is C17H14Cl2N2O4S2. The highest BCUT2D eigenvalue weighted by atomic mass is 35.5. The number of nitrogens with one attached hydrogen (secondary N) is 1. The van der Waals surface area contributed by atoms with Gasteiger partial charge in [0.05, 0.1) is 36.9 Å². The van der Waals surface area contributed by atoms with Gasteiger partial charge in [-0.1, -0.05) is 23.2 Å². The molecular weight excluding hydrogens is 431 g/mol. The van der Waals surface area contributed by atoms with Crippen molar-refractivity contribution in [3.05, 3.63) is 37.8 Å². The van der Waals surface area contributed by atoms with E-state index in [1.165, 1.54) is 44.0 Å². The van der Waals surface area contributed by atoms with Crippen molar-refractivity contribution in [2.75, 3.05) is 26.6 Å². The third-order valence-corrected chi connectivity index (χ3v) is 5.85. The number of aromatic nitrogens is 1. The van der Waals surface area contributed by atoms with Crippen LogP contribution in [0.2, 0.25) is 8.67 Å². The Morgan fingerprint density at radius 2 is 1.70 bits per heavy atom. The van der Waals surface area contributed by atoms with Crippen LogP contribution in [0.15, 0.2) is 23.6 Å². The molecule has 0 radical (unpaired) electrons. The molecule has 1 N–H and O–H groups in total. The number of carbonyl (C=O) groups is 1. The molecule has 0 aliphatic rings. The normalized spacial score (nSPS) is 10.6. The molecule has 0 saturated carbocycles. The molecule has 0 aliphatic heterocycles. The summed E-state index contributed by atoms with van der Waals surface area (Å²) in [5.74, 6) is 0.854. The molecule has 0 bridgehead atoms.